The van der Waals surface area contributed by atoms with Gasteiger partial charge in [0, 0.05) is 19.3 Å². The van der Waals surface area contributed by atoms with E-state index in [0.29, 0.717) is 18.1 Å². The van der Waals surface area contributed by atoms with E-state index in [1.807, 2.05) is 12.5 Å². The zero-order valence-electron chi connectivity index (χ0n) is 15.7. The Bertz CT molecular complexity index is 918. The first kappa shape index (κ1) is 16.7. The Morgan fingerprint density at radius 1 is 1.15 bits per heavy atom. The SMILES string of the molecule is O=C(CC1c2ccccc2-c2cncn21)C1CCC(C2=CCCC=C2)CC1.[HH]. The number of fused-ring (bicyclic) bond motifs is 3. The van der Waals surface area contributed by atoms with Gasteiger partial charge in [0.2, 0.25) is 0 Å². The Kier molecular flexibility index (Phi) is 4.31. The van der Waals surface area contributed by atoms with Gasteiger partial charge in [0.05, 0.1) is 24.3 Å². The maximum Gasteiger partial charge on any atom is 0.138 e. The van der Waals surface area contributed by atoms with Crippen LogP contribution in [-0.2, 0) is 4.79 Å². The van der Waals surface area contributed by atoms with E-state index in [1.54, 1.807) is 0 Å². The van der Waals surface area contributed by atoms with Crippen LogP contribution in [0.4, 0.5) is 0 Å². The van der Waals surface area contributed by atoms with E-state index >= 15 is 0 Å². The quantitative estimate of drug-likeness (QED) is 0.697. The van der Waals surface area contributed by atoms with E-state index in [-0.39, 0.29) is 13.4 Å². The number of rotatable bonds is 4. The van der Waals surface area contributed by atoms with E-state index < -0.39 is 0 Å². The minimum atomic E-state index is 0. The first-order chi connectivity index (χ1) is 13.3. The Labute approximate surface area is 162 Å². The van der Waals surface area contributed by atoms with Gasteiger partial charge in [-0.2, -0.15) is 0 Å². The molecule has 0 N–H and O–H groups in total. The number of hydrogen-bond acceptors (Lipinski definition) is 2. The van der Waals surface area contributed by atoms with E-state index in [4.69, 9.17) is 0 Å². The van der Waals surface area contributed by atoms with E-state index in [1.165, 1.54) is 29.5 Å². The Morgan fingerprint density at radius 2 is 2.00 bits per heavy atom. The molecule has 0 radical (unpaired) electrons. The van der Waals surface area contributed by atoms with Crippen molar-refractivity contribution in [1.29, 1.82) is 0 Å². The second-order valence-corrected chi connectivity index (χ2v) is 8.19. The lowest BCUT2D eigenvalue weighted by Gasteiger charge is -2.30. The smallest absolute Gasteiger partial charge is 0.138 e. The maximum atomic E-state index is 13.1. The van der Waals surface area contributed by atoms with E-state index in [9.17, 15) is 4.79 Å². The summed E-state index contributed by atoms with van der Waals surface area (Å²) in [7, 11) is 0. The summed E-state index contributed by atoms with van der Waals surface area (Å²) in [6, 6.07) is 8.57. The van der Waals surface area contributed by atoms with Crippen molar-refractivity contribution in [3.8, 4) is 11.3 Å². The van der Waals surface area contributed by atoms with Gasteiger partial charge in [-0.05, 0) is 55.6 Å². The summed E-state index contributed by atoms with van der Waals surface area (Å²) >= 11 is 0. The lowest BCUT2D eigenvalue weighted by Crippen LogP contribution is -2.25. The summed E-state index contributed by atoms with van der Waals surface area (Å²) in [6.07, 6.45) is 18.2. The highest BCUT2D eigenvalue weighted by Gasteiger charge is 2.33. The third kappa shape index (κ3) is 2.99. The molecule has 1 aromatic heterocycles. The van der Waals surface area contributed by atoms with Crippen molar-refractivity contribution in [2.24, 2.45) is 11.8 Å². The molecular weight excluding hydrogens is 332 g/mol. The van der Waals surface area contributed by atoms with Crippen LogP contribution in [-0.4, -0.2) is 15.3 Å². The fourth-order valence-electron chi connectivity index (χ4n) is 5.18. The monoisotopic (exact) mass is 360 g/mol. The fourth-order valence-corrected chi connectivity index (χ4v) is 5.18. The van der Waals surface area contributed by atoms with Crippen LogP contribution in [0.15, 0.2) is 60.6 Å². The van der Waals surface area contributed by atoms with Crippen molar-refractivity contribution in [3.05, 3.63) is 66.2 Å². The van der Waals surface area contributed by atoms with Crippen LogP contribution >= 0.6 is 0 Å². The second-order valence-electron chi connectivity index (χ2n) is 8.19. The Balaban J connectivity index is 0.00000192. The number of nitrogens with zero attached hydrogens (tertiary/aromatic N) is 2. The number of imidazole rings is 1. The average Bonchev–Trinajstić information content (AvgIpc) is 3.32. The van der Waals surface area contributed by atoms with Crippen LogP contribution in [0.3, 0.4) is 0 Å². The topological polar surface area (TPSA) is 34.9 Å². The van der Waals surface area contributed by atoms with Crippen molar-refractivity contribution in [2.75, 3.05) is 0 Å². The molecule has 0 amide bonds. The summed E-state index contributed by atoms with van der Waals surface area (Å²) in [4.78, 5) is 17.4. The van der Waals surface area contributed by atoms with Gasteiger partial charge < -0.3 is 4.57 Å². The number of aromatic nitrogens is 2. The summed E-state index contributed by atoms with van der Waals surface area (Å²) < 4.78 is 2.19. The van der Waals surface area contributed by atoms with Crippen LogP contribution < -0.4 is 0 Å². The summed E-state index contributed by atoms with van der Waals surface area (Å²) in [5, 5.41) is 0. The minimum Gasteiger partial charge on any atom is -0.323 e. The fraction of sp³-hybridized carbons (Fsp3) is 0.417. The van der Waals surface area contributed by atoms with Gasteiger partial charge in [0.15, 0.2) is 0 Å². The Morgan fingerprint density at radius 3 is 2.81 bits per heavy atom. The van der Waals surface area contributed by atoms with Crippen molar-refractivity contribution >= 4 is 5.78 Å². The molecule has 2 aromatic rings. The van der Waals surface area contributed by atoms with Crippen LogP contribution in [0.2, 0.25) is 0 Å². The molecule has 1 aromatic carbocycles. The number of carbonyl (C=O) groups is 1. The third-order valence-corrected chi connectivity index (χ3v) is 6.67. The first-order valence-electron chi connectivity index (χ1n) is 10.3. The molecule has 3 aliphatic rings. The molecule has 27 heavy (non-hydrogen) atoms. The number of carbonyl (C=O) groups excluding carboxylic acids is 1. The summed E-state index contributed by atoms with van der Waals surface area (Å²) in [6.45, 7) is 0. The molecule has 1 aliphatic heterocycles. The molecule has 140 valence electrons. The molecule has 0 bridgehead atoms. The summed E-state index contributed by atoms with van der Waals surface area (Å²) in [5.41, 5.74) is 5.16. The molecule has 3 nitrogen and oxygen atoms in total. The number of ketones is 1. The molecule has 1 atom stereocenters. The van der Waals surface area contributed by atoms with E-state index in [2.05, 4.69) is 52.0 Å². The molecule has 5 rings (SSSR count). The van der Waals surface area contributed by atoms with Gasteiger partial charge in [-0.15, -0.1) is 0 Å². The molecule has 1 fully saturated rings. The molecule has 3 heteroatoms. The van der Waals surface area contributed by atoms with Crippen molar-refractivity contribution in [3.63, 3.8) is 0 Å². The van der Waals surface area contributed by atoms with Crippen molar-refractivity contribution < 1.29 is 6.22 Å². The minimum absolute atomic E-state index is 0. The first-order valence-corrected chi connectivity index (χ1v) is 10.3. The zero-order valence-corrected chi connectivity index (χ0v) is 15.7. The Hall–Kier alpha value is -2.42. The lowest BCUT2D eigenvalue weighted by molar-refractivity contribution is -0.124. The molecule has 0 saturated heterocycles. The zero-order chi connectivity index (χ0) is 18.2. The van der Waals surface area contributed by atoms with Crippen molar-refractivity contribution in [1.82, 2.24) is 9.55 Å². The van der Waals surface area contributed by atoms with Gasteiger partial charge in [-0.25, -0.2) is 4.98 Å². The highest BCUT2D eigenvalue weighted by molar-refractivity contribution is 5.83. The predicted octanol–water partition coefficient (Wildman–Crippen LogP) is 5.74. The summed E-state index contributed by atoms with van der Waals surface area (Å²) in [5.74, 6) is 1.33. The normalized spacial score (nSPS) is 26.4. The lowest BCUT2D eigenvalue weighted by atomic mass is 9.75. The van der Waals surface area contributed by atoms with Gasteiger partial charge in [-0.3, -0.25) is 4.79 Å². The molecule has 2 aliphatic carbocycles. The van der Waals surface area contributed by atoms with Gasteiger partial charge in [0.25, 0.3) is 0 Å². The number of hydrogen-bond donors (Lipinski definition) is 0. The van der Waals surface area contributed by atoms with Crippen LogP contribution in [0, 0.1) is 11.8 Å². The standard InChI is InChI=1S/C24H26N2O.H2/c27-24(19-12-10-18(11-13-19)17-6-2-1-3-7-17)14-22-20-8-4-5-9-21(20)23-15-25-16-26(22)23;/h2,4-9,15-16,18-19,22H,1,3,10-14H2;1H. The maximum absolute atomic E-state index is 13.1. The molecule has 1 saturated carbocycles. The largest absolute Gasteiger partial charge is 0.323 e. The van der Waals surface area contributed by atoms with Gasteiger partial charge in [-0.1, -0.05) is 42.5 Å². The van der Waals surface area contributed by atoms with Crippen LogP contribution in [0.25, 0.3) is 11.3 Å². The van der Waals surface area contributed by atoms with Crippen LogP contribution in [0.5, 0.6) is 0 Å². The van der Waals surface area contributed by atoms with Crippen molar-refractivity contribution in [2.45, 2.75) is 51.0 Å². The second kappa shape index (κ2) is 6.95. The molecule has 2 heterocycles. The highest BCUT2D eigenvalue weighted by atomic mass is 16.1. The molecular formula is C24H28N2O. The predicted molar refractivity (Wildman–Crippen MR) is 109 cm³/mol. The number of Topliss-reactive ketones (excluding diaryl/α,β-unsaturated/α-hetero) is 1. The third-order valence-electron chi connectivity index (χ3n) is 6.67. The highest BCUT2D eigenvalue weighted by Crippen LogP contribution is 2.42. The number of benzene rings is 1. The average molecular weight is 361 g/mol. The molecule has 0 spiro atoms. The van der Waals surface area contributed by atoms with Gasteiger partial charge >= 0.3 is 0 Å². The van der Waals surface area contributed by atoms with E-state index in [0.717, 1.165) is 31.4 Å². The number of allylic oxidation sites excluding steroid dienone is 4. The van der Waals surface area contributed by atoms with Gasteiger partial charge in [0.1, 0.15) is 5.78 Å². The molecule has 1 unspecified atom stereocenters. The van der Waals surface area contributed by atoms with Crippen LogP contribution in [0.1, 0.15) is 58.0 Å².